The molecule has 2 atom stereocenters. The molecular weight excluding hydrogens is 258 g/mol. The van der Waals surface area contributed by atoms with E-state index in [4.69, 9.17) is 17.3 Å². The Balaban J connectivity index is 2.32. The predicted molar refractivity (Wildman–Crippen MR) is 64.1 cm³/mol. The van der Waals surface area contributed by atoms with Crippen molar-refractivity contribution in [2.75, 3.05) is 5.75 Å². The average molecular weight is 267 g/mol. The fourth-order valence-electron chi connectivity index (χ4n) is 1.76. The zero-order chi connectivity index (χ0) is 13.3. The van der Waals surface area contributed by atoms with Gasteiger partial charge in [0, 0.05) is 11.3 Å². The minimum absolute atomic E-state index is 0.116. The molecule has 2 heterocycles. The van der Waals surface area contributed by atoms with Crippen LogP contribution in [0.3, 0.4) is 0 Å². The summed E-state index contributed by atoms with van der Waals surface area (Å²) in [6.45, 7) is 0. The van der Waals surface area contributed by atoms with Gasteiger partial charge in [-0.05, 0) is 0 Å². The number of aliphatic carboxylic acids is 1. The molecule has 3 N–H and O–H groups in total. The largest absolute Gasteiger partial charge is 0.477 e. The van der Waals surface area contributed by atoms with E-state index >= 15 is 0 Å². The summed E-state index contributed by atoms with van der Waals surface area (Å²) in [4.78, 5) is 28.3. The number of β-lactam (4-membered cyclic amide) rings is 1. The molecule has 0 bridgehead atoms. The second-order valence-corrected chi connectivity index (χ2v) is 4.66. The molecule has 2 aliphatic heterocycles. The fourth-order valence-corrected chi connectivity index (χ4v) is 3.00. The van der Waals surface area contributed by atoms with Crippen LogP contribution in [-0.2, 0) is 14.4 Å². The number of fused-ring (bicyclic) bond motifs is 1. The van der Waals surface area contributed by atoms with Gasteiger partial charge in [0.25, 0.3) is 0 Å². The first-order valence-electron chi connectivity index (χ1n) is 4.89. The number of carbonyl (C=O) groups is 2. The van der Waals surface area contributed by atoms with Crippen LogP contribution in [0, 0.1) is 12.5 Å². The Hall–Kier alpha value is -1.98. The Morgan fingerprint density at radius 1 is 1.78 bits per heavy atom. The van der Waals surface area contributed by atoms with Gasteiger partial charge in [-0.25, -0.2) is 4.79 Å². The number of thioether (sulfide) groups is 1. The molecule has 2 rings (SSSR count). The van der Waals surface area contributed by atoms with Crippen molar-refractivity contribution in [2.24, 2.45) is 10.9 Å². The molecule has 1 amide bonds. The number of rotatable bonds is 3. The van der Waals surface area contributed by atoms with Crippen molar-refractivity contribution in [3.8, 4) is 12.5 Å². The zero-order valence-corrected chi connectivity index (χ0v) is 9.88. The highest BCUT2D eigenvalue weighted by molar-refractivity contribution is 8.00. The van der Waals surface area contributed by atoms with E-state index in [1.807, 2.05) is 6.11 Å². The highest BCUT2D eigenvalue weighted by Crippen LogP contribution is 2.38. The lowest BCUT2D eigenvalue weighted by Gasteiger charge is -2.47. The Morgan fingerprint density at radius 2 is 2.50 bits per heavy atom. The molecule has 2 aliphatic rings. The third kappa shape index (κ3) is 1.83. The molecule has 0 aromatic heterocycles. The molecule has 1 saturated heterocycles. The van der Waals surface area contributed by atoms with Crippen LogP contribution < -0.4 is 5.73 Å². The van der Waals surface area contributed by atoms with Crippen molar-refractivity contribution in [3.63, 3.8) is 0 Å². The van der Waals surface area contributed by atoms with Crippen LogP contribution >= 0.6 is 11.8 Å². The molecule has 0 radical (unpaired) electrons. The topological polar surface area (TPSA) is 105 Å². The minimum atomic E-state index is -1.21. The van der Waals surface area contributed by atoms with Gasteiger partial charge in [0.15, 0.2) is 0 Å². The highest BCUT2D eigenvalue weighted by atomic mass is 32.2. The Labute approximate surface area is 107 Å². The Kier molecular flexibility index (Phi) is 3.27. The predicted octanol–water partition coefficient (Wildman–Crippen LogP) is -0.839. The Bertz CT molecular complexity index is 508. The number of terminal acetylenes is 1. The second-order valence-electron chi connectivity index (χ2n) is 3.56. The SMILES string of the molecule is C#CON=CC1=C(C(=O)O)N2C(=O)[C@@H](N)[C@@H]2SC1. The van der Waals surface area contributed by atoms with E-state index < -0.39 is 17.9 Å². The van der Waals surface area contributed by atoms with Gasteiger partial charge in [-0.15, -0.1) is 11.8 Å². The van der Waals surface area contributed by atoms with Gasteiger partial charge < -0.3 is 15.7 Å². The van der Waals surface area contributed by atoms with Gasteiger partial charge >= 0.3 is 5.97 Å². The van der Waals surface area contributed by atoms with E-state index in [0.717, 1.165) is 0 Å². The van der Waals surface area contributed by atoms with Crippen molar-refractivity contribution in [1.29, 1.82) is 0 Å². The zero-order valence-electron chi connectivity index (χ0n) is 9.07. The number of amides is 1. The summed E-state index contributed by atoms with van der Waals surface area (Å²) < 4.78 is 0. The summed E-state index contributed by atoms with van der Waals surface area (Å²) >= 11 is 1.37. The van der Waals surface area contributed by atoms with E-state index in [-0.39, 0.29) is 11.1 Å². The van der Waals surface area contributed by atoms with Crippen molar-refractivity contribution in [2.45, 2.75) is 11.4 Å². The molecule has 94 valence electrons. The number of carboxylic acid groups (broad SMARTS) is 1. The maximum absolute atomic E-state index is 11.6. The molecule has 0 unspecified atom stereocenters. The quantitative estimate of drug-likeness (QED) is 0.299. The lowest BCUT2D eigenvalue weighted by Crippen LogP contribution is -2.68. The molecular formula is C10H9N3O4S. The molecule has 8 heteroatoms. The number of nitrogens with two attached hydrogens (primary N) is 1. The van der Waals surface area contributed by atoms with Crippen LogP contribution in [0.25, 0.3) is 0 Å². The number of carboxylic acids is 1. The molecule has 1 fully saturated rings. The first-order valence-corrected chi connectivity index (χ1v) is 5.94. The maximum atomic E-state index is 11.6. The number of oxime groups is 1. The smallest absolute Gasteiger partial charge is 0.353 e. The maximum Gasteiger partial charge on any atom is 0.353 e. The number of carbonyl (C=O) groups excluding carboxylic acids is 1. The molecule has 0 aromatic rings. The van der Waals surface area contributed by atoms with Crippen molar-refractivity contribution >= 4 is 29.9 Å². The van der Waals surface area contributed by atoms with E-state index in [2.05, 4.69) is 9.99 Å². The van der Waals surface area contributed by atoms with Gasteiger partial charge in [0.2, 0.25) is 5.91 Å². The second kappa shape index (κ2) is 4.72. The van der Waals surface area contributed by atoms with Crippen LogP contribution in [0.1, 0.15) is 0 Å². The summed E-state index contributed by atoms with van der Waals surface area (Å²) in [5, 5.41) is 12.2. The lowest BCUT2D eigenvalue weighted by atomic mass is 10.0. The van der Waals surface area contributed by atoms with Gasteiger partial charge in [0.05, 0.1) is 6.21 Å². The summed E-state index contributed by atoms with van der Waals surface area (Å²) in [6.07, 6.45) is 7.86. The molecule has 7 nitrogen and oxygen atoms in total. The number of nitrogens with zero attached hydrogens (tertiary/aromatic N) is 2. The van der Waals surface area contributed by atoms with Crippen LogP contribution in [0.15, 0.2) is 16.4 Å². The molecule has 0 aromatic carbocycles. The van der Waals surface area contributed by atoms with Crippen LogP contribution in [0.4, 0.5) is 0 Å². The van der Waals surface area contributed by atoms with E-state index in [9.17, 15) is 9.59 Å². The minimum Gasteiger partial charge on any atom is -0.477 e. The van der Waals surface area contributed by atoms with Gasteiger partial charge in [-0.1, -0.05) is 11.6 Å². The fraction of sp³-hybridized carbons (Fsp3) is 0.300. The van der Waals surface area contributed by atoms with E-state index in [1.165, 1.54) is 22.9 Å². The molecule has 0 aliphatic carbocycles. The number of hydrogen-bond donors (Lipinski definition) is 2. The van der Waals surface area contributed by atoms with Crippen molar-refractivity contribution in [1.82, 2.24) is 4.90 Å². The third-order valence-electron chi connectivity index (χ3n) is 2.56. The monoisotopic (exact) mass is 267 g/mol. The molecule has 0 spiro atoms. The van der Waals surface area contributed by atoms with Gasteiger partial charge in [-0.2, -0.15) is 0 Å². The third-order valence-corrected chi connectivity index (χ3v) is 3.88. The van der Waals surface area contributed by atoms with Crippen LogP contribution in [-0.4, -0.2) is 45.3 Å². The lowest BCUT2D eigenvalue weighted by molar-refractivity contribution is -0.147. The first kappa shape index (κ1) is 12.5. The summed E-state index contributed by atoms with van der Waals surface area (Å²) in [5.41, 5.74) is 5.84. The normalized spacial score (nSPS) is 26.7. The Morgan fingerprint density at radius 3 is 3.11 bits per heavy atom. The van der Waals surface area contributed by atoms with E-state index in [1.54, 1.807) is 0 Å². The van der Waals surface area contributed by atoms with Crippen LogP contribution in [0.5, 0.6) is 0 Å². The standard InChI is InChI=1S/C10H9N3O4S/c1-2-17-12-3-5-4-18-9-6(11)8(14)13(9)7(5)10(15)16/h1,3,6,9H,4,11H2,(H,15,16)/t6-,9+/m1/s1. The molecule has 18 heavy (non-hydrogen) atoms. The highest BCUT2D eigenvalue weighted by Gasteiger charge is 2.51. The van der Waals surface area contributed by atoms with Crippen molar-refractivity contribution < 1.29 is 19.5 Å². The average Bonchev–Trinajstić information content (AvgIpc) is 2.37. The van der Waals surface area contributed by atoms with Crippen molar-refractivity contribution in [3.05, 3.63) is 11.3 Å². The summed E-state index contributed by atoms with van der Waals surface area (Å²) in [5.74, 6) is -1.24. The summed E-state index contributed by atoms with van der Waals surface area (Å²) in [7, 11) is 0. The molecule has 0 saturated carbocycles. The van der Waals surface area contributed by atoms with Crippen LogP contribution in [0.2, 0.25) is 0 Å². The van der Waals surface area contributed by atoms with E-state index in [0.29, 0.717) is 11.3 Å². The van der Waals surface area contributed by atoms with Gasteiger partial charge in [-0.3, -0.25) is 9.69 Å². The first-order chi connectivity index (χ1) is 8.57. The number of hydrogen-bond acceptors (Lipinski definition) is 6. The van der Waals surface area contributed by atoms with Gasteiger partial charge in [0.1, 0.15) is 23.2 Å². The summed E-state index contributed by atoms with van der Waals surface area (Å²) in [6, 6.07) is -0.648.